The lowest BCUT2D eigenvalue weighted by Gasteiger charge is -2.08. The number of carbonyl (C=O) groups excluding carboxylic acids is 1. The summed E-state index contributed by atoms with van der Waals surface area (Å²) in [4.78, 5) is 30.8. The molecule has 2 rings (SSSR count). The van der Waals surface area contributed by atoms with Crippen LogP contribution in [0.2, 0.25) is 0 Å². The second-order valence-corrected chi connectivity index (χ2v) is 5.38. The third-order valence-corrected chi connectivity index (χ3v) is 3.20. The van der Waals surface area contributed by atoms with Crippen molar-refractivity contribution in [2.45, 2.75) is 26.4 Å². The lowest BCUT2D eigenvalue weighted by molar-refractivity contribution is 0.0757. The van der Waals surface area contributed by atoms with Gasteiger partial charge in [-0.25, -0.2) is 0 Å². The Morgan fingerprint density at radius 1 is 1.26 bits per heavy atom. The van der Waals surface area contributed by atoms with E-state index in [1.165, 1.54) is 6.07 Å². The number of H-pyrrole nitrogens is 1. The van der Waals surface area contributed by atoms with E-state index in [2.05, 4.69) is 15.3 Å². The zero-order chi connectivity index (χ0) is 16.7. The number of nitrogens with one attached hydrogen (secondary N) is 2. The monoisotopic (exact) mass is 315 g/mol. The summed E-state index contributed by atoms with van der Waals surface area (Å²) < 4.78 is 5.39. The van der Waals surface area contributed by atoms with Crippen molar-refractivity contribution in [1.29, 1.82) is 0 Å². The molecule has 122 valence electrons. The van der Waals surface area contributed by atoms with Crippen molar-refractivity contribution in [3.05, 3.63) is 52.6 Å². The Bertz CT molecular complexity index is 696. The summed E-state index contributed by atoms with van der Waals surface area (Å²) in [5, 5.41) is 2.72. The molecule has 0 aromatic carbocycles. The summed E-state index contributed by atoms with van der Waals surface area (Å²) in [5.41, 5.74) is 1.19. The lowest BCUT2D eigenvalue weighted by atomic mass is 10.1. The molecule has 0 aliphatic carbocycles. The van der Waals surface area contributed by atoms with Gasteiger partial charge in [-0.15, -0.1) is 0 Å². The van der Waals surface area contributed by atoms with Crippen LogP contribution in [0.15, 0.2) is 41.5 Å². The number of hydrogen-bond donors (Lipinski definition) is 2. The predicted octanol–water partition coefficient (Wildman–Crippen LogP) is 1.98. The first-order chi connectivity index (χ1) is 11.1. The molecule has 2 N–H and O–H groups in total. The van der Waals surface area contributed by atoms with Gasteiger partial charge in [0.25, 0.3) is 11.5 Å². The molecule has 0 unspecified atom stereocenters. The largest absolute Gasteiger partial charge is 0.379 e. The first-order valence-electron chi connectivity index (χ1n) is 7.61. The minimum atomic E-state index is -0.407. The fourth-order valence-electron chi connectivity index (χ4n) is 2.04. The van der Waals surface area contributed by atoms with E-state index in [9.17, 15) is 9.59 Å². The SMILES string of the molecule is CC(C)OCCCNC(=O)c1ccc(-c2ccncc2)[nH]c1=O. The van der Waals surface area contributed by atoms with Crippen molar-refractivity contribution in [2.24, 2.45) is 0 Å². The molecule has 2 aromatic heterocycles. The molecule has 0 aliphatic heterocycles. The van der Waals surface area contributed by atoms with Gasteiger partial charge in [-0.05, 0) is 44.5 Å². The van der Waals surface area contributed by atoms with E-state index in [1.54, 1.807) is 30.6 Å². The fraction of sp³-hybridized carbons (Fsp3) is 0.353. The number of aromatic amines is 1. The standard InChI is InChI=1S/C17H21N3O3/c1-12(2)23-11-3-8-19-16(21)14-4-5-15(20-17(14)22)13-6-9-18-10-7-13/h4-7,9-10,12H,3,8,11H2,1-2H3,(H,19,21)(H,20,22). The van der Waals surface area contributed by atoms with Crippen LogP contribution < -0.4 is 10.9 Å². The summed E-state index contributed by atoms with van der Waals surface area (Å²) in [6, 6.07) is 6.83. The second-order valence-electron chi connectivity index (χ2n) is 5.38. The summed E-state index contributed by atoms with van der Waals surface area (Å²) in [5.74, 6) is -0.378. The Balaban J connectivity index is 1.95. The van der Waals surface area contributed by atoms with Gasteiger partial charge >= 0.3 is 0 Å². The van der Waals surface area contributed by atoms with E-state index in [0.717, 1.165) is 5.56 Å². The molecule has 0 aliphatic rings. The topological polar surface area (TPSA) is 84.1 Å². The molecule has 0 saturated heterocycles. The summed E-state index contributed by atoms with van der Waals surface area (Å²) in [6.07, 6.45) is 4.17. The molecule has 0 spiro atoms. The van der Waals surface area contributed by atoms with Crippen LogP contribution in [0.5, 0.6) is 0 Å². The van der Waals surface area contributed by atoms with E-state index in [-0.39, 0.29) is 17.6 Å². The third-order valence-electron chi connectivity index (χ3n) is 3.20. The van der Waals surface area contributed by atoms with E-state index in [0.29, 0.717) is 25.3 Å². The highest BCUT2D eigenvalue weighted by atomic mass is 16.5. The van der Waals surface area contributed by atoms with Crippen molar-refractivity contribution >= 4 is 5.91 Å². The Labute approximate surface area is 134 Å². The van der Waals surface area contributed by atoms with E-state index in [4.69, 9.17) is 4.74 Å². The van der Waals surface area contributed by atoms with Crippen molar-refractivity contribution < 1.29 is 9.53 Å². The summed E-state index contributed by atoms with van der Waals surface area (Å²) >= 11 is 0. The maximum absolute atomic E-state index is 12.1. The predicted molar refractivity (Wildman–Crippen MR) is 88.3 cm³/mol. The minimum absolute atomic E-state index is 0.104. The van der Waals surface area contributed by atoms with Gasteiger partial charge in [0.2, 0.25) is 0 Å². The molecule has 0 fully saturated rings. The van der Waals surface area contributed by atoms with Gasteiger partial charge in [0.05, 0.1) is 6.10 Å². The molecule has 6 nitrogen and oxygen atoms in total. The van der Waals surface area contributed by atoms with Gasteiger partial charge in [0, 0.05) is 36.8 Å². The molecule has 0 atom stereocenters. The highest BCUT2D eigenvalue weighted by molar-refractivity contribution is 5.94. The molecule has 2 heterocycles. The average Bonchev–Trinajstić information content (AvgIpc) is 2.54. The van der Waals surface area contributed by atoms with E-state index in [1.807, 2.05) is 13.8 Å². The van der Waals surface area contributed by atoms with Crippen LogP contribution in [0, 0.1) is 0 Å². The van der Waals surface area contributed by atoms with Gasteiger partial charge in [-0.2, -0.15) is 0 Å². The van der Waals surface area contributed by atoms with Crippen LogP contribution in [-0.4, -0.2) is 35.1 Å². The second kappa shape index (κ2) is 8.24. The maximum Gasteiger partial charge on any atom is 0.261 e. The number of ether oxygens (including phenoxy) is 1. The van der Waals surface area contributed by atoms with Gasteiger partial charge in [0.1, 0.15) is 5.56 Å². The van der Waals surface area contributed by atoms with Gasteiger partial charge in [0.15, 0.2) is 0 Å². The van der Waals surface area contributed by atoms with Crippen LogP contribution in [-0.2, 0) is 4.74 Å². The zero-order valence-corrected chi connectivity index (χ0v) is 13.3. The molecule has 6 heteroatoms. The first-order valence-corrected chi connectivity index (χ1v) is 7.61. The molecule has 0 saturated carbocycles. The van der Waals surface area contributed by atoms with Crippen LogP contribution >= 0.6 is 0 Å². The molecule has 0 bridgehead atoms. The molecular weight excluding hydrogens is 294 g/mol. The Hall–Kier alpha value is -2.47. The number of pyridine rings is 2. The molecule has 0 radical (unpaired) electrons. The number of hydrogen-bond acceptors (Lipinski definition) is 4. The third kappa shape index (κ3) is 5.03. The van der Waals surface area contributed by atoms with Gasteiger partial charge < -0.3 is 15.0 Å². The van der Waals surface area contributed by atoms with Crippen LogP contribution in [0.4, 0.5) is 0 Å². The molecule has 23 heavy (non-hydrogen) atoms. The van der Waals surface area contributed by atoms with Crippen molar-refractivity contribution in [1.82, 2.24) is 15.3 Å². The van der Waals surface area contributed by atoms with E-state index < -0.39 is 5.56 Å². The quantitative estimate of drug-likeness (QED) is 0.765. The number of aromatic nitrogens is 2. The number of nitrogens with zero attached hydrogens (tertiary/aromatic N) is 1. The molecule has 2 aromatic rings. The highest BCUT2D eigenvalue weighted by Gasteiger charge is 2.10. The highest BCUT2D eigenvalue weighted by Crippen LogP contribution is 2.13. The number of amides is 1. The minimum Gasteiger partial charge on any atom is -0.379 e. The summed E-state index contributed by atoms with van der Waals surface area (Å²) in [6.45, 7) is 4.97. The zero-order valence-electron chi connectivity index (χ0n) is 13.3. The normalized spacial score (nSPS) is 10.7. The smallest absolute Gasteiger partial charge is 0.261 e. The van der Waals surface area contributed by atoms with Crippen molar-refractivity contribution in [3.63, 3.8) is 0 Å². The number of carbonyl (C=O) groups is 1. The Morgan fingerprint density at radius 3 is 2.65 bits per heavy atom. The van der Waals surface area contributed by atoms with Crippen LogP contribution in [0.3, 0.4) is 0 Å². The molecular formula is C17H21N3O3. The average molecular weight is 315 g/mol. The first kappa shape index (κ1) is 16.9. The van der Waals surface area contributed by atoms with E-state index >= 15 is 0 Å². The molecule has 1 amide bonds. The van der Waals surface area contributed by atoms with Gasteiger partial charge in [-0.3, -0.25) is 14.6 Å². The fourth-order valence-corrected chi connectivity index (χ4v) is 2.04. The summed E-state index contributed by atoms with van der Waals surface area (Å²) in [7, 11) is 0. The Kier molecular flexibility index (Phi) is 6.05. The number of rotatable bonds is 7. The van der Waals surface area contributed by atoms with Crippen molar-refractivity contribution in [3.8, 4) is 11.3 Å². The van der Waals surface area contributed by atoms with Crippen LogP contribution in [0.1, 0.15) is 30.6 Å². The van der Waals surface area contributed by atoms with Crippen molar-refractivity contribution in [2.75, 3.05) is 13.2 Å². The van der Waals surface area contributed by atoms with Gasteiger partial charge in [-0.1, -0.05) is 0 Å². The van der Waals surface area contributed by atoms with Crippen LogP contribution in [0.25, 0.3) is 11.3 Å². The lowest BCUT2D eigenvalue weighted by Crippen LogP contribution is -2.30. The Morgan fingerprint density at radius 2 is 2.00 bits per heavy atom. The maximum atomic E-state index is 12.1.